The molecule has 2 rings (SSSR count). The van der Waals surface area contributed by atoms with Crippen molar-refractivity contribution < 1.29 is 13.5 Å². The third-order valence-electron chi connectivity index (χ3n) is 1.92. The summed E-state index contributed by atoms with van der Waals surface area (Å²) in [7, 11) is 0. The molecule has 0 amide bonds. The summed E-state index contributed by atoms with van der Waals surface area (Å²) >= 11 is 5.65. The molecule has 3 nitrogen and oxygen atoms in total. The van der Waals surface area contributed by atoms with Crippen LogP contribution in [0.1, 0.15) is 5.82 Å². The Bertz CT molecular complexity index is 537. The van der Waals surface area contributed by atoms with E-state index in [1.165, 1.54) is 18.3 Å². The first kappa shape index (κ1) is 11.7. The molecule has 1 aromatic carbocycles. The van der Waals surface area contributed by atoms with Gasteiger partial charge in [-0.15, -0.1) is 0 Å². The first-order chi connectivity index (χ1) is 8.15. The van der Waals surface area contributed by atoms with Crippen molar-refractivity contribution in [1.82, 2.24) is 9.97 Å². The van der Waals surface area contributed by atoms with E-state index in [-0.39, 0.29) is 17.5 Å². The number of aromatic nitrogens is 2. The second-order valence-corrected chi connectivity index (χ2v) is 3.55. The van der Waals surface area contributed by atoms with Crippen LogP contribution >= 0.6 is 11.6 Å². The molecule has 0 fully saturated rings. The van der Waals surface area contributed by atoms with Crippen molar-refractivity contribution >= 4 is 11.6 Å². The standard InChI is InChI=1S/C11H7ClF2N2O/c12-10-3-4-15-11(16-10)6-17-9-2-1-7(13)5-8(9)14/h1-5H,6H2. The number of rotatable bonds is 3. The van der Waals surface area contributed by atoms with Gasteiger partial charge in [-0.2, -0.15) is 0 Å². The van der Waals surface area contributed by atoms with E-state index in [0.717, 1.165) is 12.1 Å². The highest BCUT2D eigenvalue weighted by Crippen LogP contribution is 2.18. The molecule has 0 aliphatic rings. The molecule has 0 aliphatic carbocycles. The molecule has 6 heteroatoms. The largest absolute Gasteiger partial charge is 0.483 e. The maximum Gasteiger partial charge on any atom is 0.167 e. The van der Waals surface area contributed by atoms with Crippen LogP contribution < -0.4 is 4.74 Å². The Morgan fingerprint density at radius 1 is 1.24 bits per heavy atom. The van der Waals surface area contributed by atoms with Crippen LogP contribution in [-0.2, 0) is 6.61 Å². The summed E-state index contributed by atoms with van der Waals surface area (Å²) < 4.78 is 30.9. The van der Waals surface area contributed by atoms with Gasteiger partial charge in [0.05, 0.1) is 0 Å². The lowest BCUT2D eigenvalue weighted by atomic mass is 10.3. The minimum Gasteiger partial charge on any atom is -0.483 e. The summed E-state index contributed by atoms with van der Waals surface area (Å²) in [5.41, 5.74) is 0. The number of halogens is 3. The van der Waals surface area contributed by atoms with E-state index in [1.807, 2.05) is 0 Å². The summed E-state index contributed by atoms with van der Waals surface area (Å²) in [4.78, 5) is 7.75. The smallest absolute Gasteiger partial charge is 0.167 e. The van der Waals surface area contributed by atoms with Crippen molar-refractivity contribution in [3.05, 3.63) is 53.1 Å². The van der Waals surface area contributed by atoms with Gasteiger partial charge in [0.15, 0.2) is 17.4 Å². The normalized spacial score (nSPS) is 10.3. The van der Waals surface area contributed by atoms with Crippen LogP contribution in [0.5, 0.6) is 5.75 Å². The van der Waals surface area contributed by atoms with E-state index in [2.05, 4.69) is 9.97 Å². The van der Waals surface area contributed by atoms with Crippen LogP contribution in [0.15, 0.2) is 30.5 Å². The molecule has 0 bridgehead atoms. The minimum atomic E-state index is -0.771. The zero-order valence-corrected chi connectivity index (χ0v) is 9.29. The van der Waals surface area contributed by atoms with E-state index in [9.17, 15) is 8.78 Å². The van der Waals surface area contributed by atoms with Crippen molar-refractivity contribution in [2.45, 2.75) is 6.61 Å². The van der Waals surface area contributed by atoms with Gasteiger partial charge in [-0.05, 0) is 18.2 Å². The average molecular weight is 257 g/mol. The molecule has 0 N–H and O–H groups in total. The number of ether oxygens (including phenoxy) is 1. The highest BCUT2D eigenvalue weighted by atomic mass is 35.5. The molecule has 0 saturated heterocycles. The predicted octanol–water partition coefficient (Wildman–Crippen LogP) is 2.99. The number of hydrogen-bond donors (Lipinski definition) is 0. The lowest BCUT2D eigenvalue weighted by Gasteiger charge is -2.06. The molecule has 0 radical (unpaired) electrons. The minimum absolute atomic E-state index is 0.0386. The first-order valence-electron chi connectivity index (χ1n) is 4.70. The molecule has 2 aromatic rings. The summed E-state index contributed by atoms with van der Waals surface area (Å²) in [5, 5.41) is 0.276. The summed E-state index contributed by atoms with van der Waals surface area (Å²) in [5.74, 6) is -1.17. The highest BCUT2D eigenvalue weighted by Gasteiger charge is 2.06. The van der Waals surface area contributed by atoms with Crippen LogP contribution in [0.3, 0.4) is 0 Å². The van der Waals surface area contributed by atoms with Gasteiger partial charge in [-0.1, -0.05) is 11.6 Å². The fraction of sp³-hybridized carbons (Fsp3) is 0.0909. The molecule has 88 valence electrons. The van der Waals surface area contributed by atoms with Gasteiger partial charge in [0.2, 0.25) is 0 Å². The molecule has 17 heavy (non-hydrogen) atoms. The highest BCUT2D eigenvalue weighted by molar-refractivity contribution is 6.29. The van der Waals surface area contributed by atoms with Crippen molar-refractivity contribution in [2.75, 3.05) is 0 Å². The third-order valence-corrected chi connectivity index (χ3v) is 2.13. The number of hydrogen-bond acceptors (Lipinski definition) is 3. The van der Waals surface area contributed by atoms with E-state index >= 15 is 0 Å². The van der Waals surface area contributed by atoms with Crippen molar-refractivity contribution in [2.24, 2.45) is 0 Å². The maximum atomic E-state index is 13.2. The van der Waals surface area contributed by atoms with E-state index in [0.29, 0.717) is 5.82 Å². The van der Waals surface area contributed by atoms with Gasteiger partial charge in [0, 0.05) is 12.3 Å². The zero-order valence-electron chi connectivity index (χ0n) is 8.53. The Kier molecular flexibility index (Phi) is 3.49. The second-order valence-electron chi connectivity index (χ2n) is 3.16. The Morgan fingerprint density at radius 3 is 2.76 bits per heavy atom. The SMILES string of the molecule is Fc1ccc(OCc2nccc(Cl)n2)c(F)c1. The summed E-state index contributed by atoms with van der Waals surface area (Å²) in [6.07, 6.45) is 1.47. The molecular weight excluding hydrogens is 250 g/mol. The molecule has 0 aliphatic heterocycles. The molecule has 0 atom stereocenters. The predicted molar refractivity (Wildman–Crippen MR) is 57.7 cm³/mol. The Balaban J connectivity index is 2.07. The van der Waals surface area contributed by atoms with Gasteiger partial charge in [0.25, 0.3) is 0 Å². The monoisotopic (exact) mass is 256 g/mol. The van der Waals surface area contributed by atoms with Crippen molar-refractivity contribution in [3.63, 3.8) is 0 Å². The third kappa shape index (κ3) is 3.10. The van der Waals surface area contributed by atoms with Crippen LogP contribution in [0.2, 0.25) is 5.15 Å². The van der Waals surface area contributed by atoms with Gasteiger partial charge in [-0.25, -0.2) is 18.7 Å². The average Bonchev–Trinajstić information content (AvgIpc) is 2.28. The Morgan fingerprint density at radius 2 is 2.06 bits per heavy atom. The molecule has 0 unspecified atom stereocenters. The van der Waals surface area contributed by atoms with Crippen molar-refractivity contribution in [3.8, 4) is 5.75 Å². The summed E-state index contributed by atoms with van der Waals surface area (Å²) in [6.45, 7) is -0.0386. The Labute approximate surface area is 101 Å². The molecular formula is C11H7ClF2N2O. The lowest BCUT2D eigenvalue weighted by molar-refractivity contribution is 0.280. The van der Waals surface area contributed by atoms with E-state index in [1.54, 1.807) is 0 Å². The van der Waals surface area contributed by atoms with Crippen LogP contribution in [0, 0.1) is 11.6 Å². The van der Waals surface area contributed by atoms with Crippen LogP contribution in [0.4, 0.5) is 8.78 Å². The van der Waals surface area contributed by atoms with Gasteiger partial charge >= 0.3 is 0 Å². The first-order valence-corrected chi connectivity index (χ1v) is 5.08. The Hall–Kier alpha value is -1.75. The topological polar surface area (TPSA) is 35.0 Å². The lowest BCUT2D eigenvalue weighted by Crippen LogP contribution is -2.02. The van der Waals surface area contributed by atoms with Gasteiger partial charge in [-0.3, -0.25) is 0 Å². The number of nitrogens with zero attached hydrogens (tertiary/aromatic N) is 2. The summed E-state index contributed by atoms with van der Waals surface area (Å²) in [6, 6.07) is 4.57. The molecule has 1 heterocycles. The zero-order chi connectivity index (χ0) is 12.3. The maximum absolute atomic E-state index is 13.2. The fourth-order valence-corrected chi connectivity index (χ4v) is 1.33. The second kappa shape index (κ2) is 5.05. The molecule has 0 spiro atoms. The fourth-order valence-electron chi connectivity index (χ4n) is 1.18. The molecule has 0 saturated carbocycles. The van der Waals surface area contributed by atoms with Crippen LogP contribution in [-0.4, -0.2) is 9.97 Å². The van der Waals surface area contributed by atoms with Crippen molar-refractivity contribution in [1.29, 1.82) is 0 Å². The van der Waals surface area contributed by atoms with Gasteiger partial charge in [0.1, 0.15) is 17.6 Å². The quantitative estimate of drug-likeness (QED) is 0.792. The number of benzene rings is 1. The van der Waals surface area contributed by atoms with Crippen LogP contribution in [0.25, 0.3) is 0 Å². The van der Waals surface area contributed by atoms with E-state index in [4.69, 9.17) is 16.3 Å². The molecule has 1 aromatic heterocycles. The van der Waals surface area contributed by atoms with E-state index < -0.39 is 11.6 Å². The van der Waals surface area contributed by atoms with Gasteiger partial charge < -0.3 is 4.74 Å².